The van der Waals surface area contributed by atoms with Crippen molar-refractivity contribution in [3.63, 3.8) is 0 Å². The smallest absolute Gasteiger partial charge is 0.353 e. The summed E-state index contributed by atoms with van der Waals surface area (Å²) in [6.45, 7) is 10.1. The molecule has 6 heteroatoms. The van der Waals surface area contributed by atoms with Gasteiger partial charge in [0.2, 0.25) is 0 Å². The highest BCUT2D eigenvalue weighted by Gasteiger charge is 2.47. The molecule has 0 aromatic carbocycles. The number of aldehydes is 1. The van der Waals surface area contributed by atoms with E-state index in [9.17, 15) is 9.59 Å². The van der Waals surface area contributed by atoms with Crippen LogP contribution in [0, 0.1) is 0 Å². The van der Waals surface area contributed by atoms with E-state index in [2.05, 4.69) is 20.8 Å². The molecule has 0 bridgehead atoms. The summed E-state index contributed by atoms with van der Waals surface area (Å²) >= 11 is 0. The highest BCUT2D eigenvalue weighted by atomic mass is 28.4. The molecule has 2 atom stereocenters. The van der Waals surface area contributed by atoms with Crippen LogP contribution >= 0.6 is 0 Å². The van der Waals surface area contributed by atoms with Crippen LogP contribution in [0.5, 0.6) is 0 Å². The number of allylic oxidation sites excluding steroid dienone is 1. The Morgan fingerprint density at radius 1 is 1.33 bits per heavy atom. The molecule has 18 heavy (non-hydrogen) atoms. The minimum atomic E-state index is -2.11. The van der Waals surface area contributed by atoms with Crippen molar-refractivity contribution in [1.82, 2.24) is 0 Å². The van der Waals surface area contributed by atoms with Crippen LogP contribution in [0.1, 0.15) is 20.8 Å². The van der Waals surface area contributed by atoms with Gasteiger partial charge in [-0.2, -0.15) is 0 Å². The van der Waals surface area contributed by atoms with E-state index in [0.29, 0.717) is 6.29 Å². The number of carbonyl (C=O) groups excluding carboxylic acids is 2. The number of hydrogen-bond donors (Lipinski definition) is 0. The van der Waals surface area contributed by atoms with E-state index in [0.717, 1.165) is 0 Å². The highest BCUT2D eigenvalue weighted by molar-refractivity contribution is 6.73. The summed E-state index contributed by atoms with van der Waals surface area (Å²) < 4.78 is 10.4. The Bertz CT molecular complexity index is 356. The van der Waals surface area contributed by atoms with Crippen LogP contribution in [0.15, 0.2) is 12.2 Å². The Kier molecular flexibility index (Phi) is 4.47. The van der Waals surface area contributed by atoms with E-state index in [-0.39, 0.29) is 11.1 Å². The van der Waals surface area contributed by atoms with Gasteiger partial charge < -0.3 is 9.62 Å². The van der Waals surface area contributed by atoms with Crippen LogP contribution in [0.4, 0.5) is 0 Å². The number of epoxide rings is 1. The first kappa shape index (κ1) is 15.1. The first-order chi connectivity index (χ1) is 8.19. The standard InChI is InChI=1S/C12H20O5Si/c1-12(2,3)18(4,5)17-16-11(14)10-9(15-10)7-6-8-13/h6-10H,1-5H3. The predicted octanol–water partition coefficient (Wildman–Crippen LogP) is 1.99. The molecule has 0 amide bonds. The average molecular weight is 272 g/mol. The lowest BCUT2D eigenvalue weighted by Crippen LogP contribution is -2.41. The SMILES string of the molecule is CC(C)(C)[Si](C)(C)OOC(=O)C1OC1C=CC=O. The third-order valence-corrected chi connectivity index (χ3v) is 7.39. The summed E-state index contributed by atoms with van der Waals surface area (Å²) in [6.07, 6.45) is 2.44. The third-order valence-electron chi connectivity index (χ3n) is 3.28. The lowest BCUT2D eigenvalue weighted by Gasteiger charge is -2.33. The quantitative estimate of drug-likeness (QED) is 0.191. The van der Waals surface area contributed by atoms with E-state index in [1.165, 1.54) is 12.2 Å². The molecule has 0 aliphatic carbocycles. The Labute approximate surface area is 108 Å². The first-order valence-corrected chi connectivity index (χ1v) is 8.77. The van der Waals surface area contributed by atoms with Gasteiger partial charge in [-0.25, -0.2) is 9.37 Å². The zero-order valence-electron chi connectivity index (χ0n) is 11.4. The molecular weight excluding hydrogens is 252 g/mol. The fourth-order valence-electron chi connectivity index (χ4n) is 0.932. The number of rotatable bonds is 5. The van der Waals surface area contributed by atoms with Crippen LogP contribution in [-0.4, -0.2) is 32.8 Å². The van der Waals surface area contributed by atoms with Crippen molar-refractivity contribution in [1.29, 1.82) is 0 Å². The molecule has 5 nitrogen and oxygen atoms in total. The zero-order chi connectivity index (χ0) is 14.0. The minimum Gasteiger partial charge on any atom is -0.353 e. The molecule has 1 rings (SSSR count). The van der Waals surface area contributed by atoms with Crippen molar-refractivity contribution >= 4 is 20.6 Å². The van der Waals surface area contributed by atoms with E-state index in [4.69, 9.17) is 14.2 Å². The summed E-state index contributed by atoms with van der Waals surface area (Å²) in [5.41, 5.74) is 0. The Morgan fingerprint density at radius 3 is 2.44 bits per heavy atom. The molecule has 102 valence electrons. The molecule has 1 aliphatic rings. The van der Waals surface area contributed by atoms with Gasteiger partial charge in [0.15, 0.2) is 6.10 Å². The molecule has 0 aromatic heterocycles. The second-order valence-corrected chi connectivity index (χ2v) is 10.5. The van der Waals surface area contributed by atoms with E-state index >= 15 is 0 Å². The Hall–Kier alpha value is -0.983. The second kappa shape index (κ2) is 5.34. The molecule has 1 heterocycles. The van der Waals surface area contributed by atoms with Gasteiger partial charge in [0.25, 0.3) is 8.32 Å². The van der Waals surface area contributed by atoms with Crippen molar-refractivity contribution in [3.8, 4) is 0 Å². The van der Waals surface area contributed by atoms with Crippen LogP contribution in [0.25, 0.3) is 0 Å². The number of ether oxygens (including phenoxy) is 1. The molecule has 2 unspecified atom stereocenters. The molecule has 1 fully saturated rings. The van der Waals surface area contributed by atoms with Gasteiger partial charge in [0.1, 0.15) is 12.4 Å². The van der Waals surface area contributed by atoms with Gasteiger partial charge in [-0.1, -0.05) is 20.8 Å². The van der Waals surface area contributed by atoms with Gasteiger partial charge in [-0.05, 0) is 30.3 Å². The number of hydrogen-bond acceptors (Lipinski definition) is 5. The van der Waals surface area contributed by atoms with E-state index in [1.807, 2.05) is 13.1 Å². The highest BCUT2D eigenvalue weighted by Crippen LogP contribution is 2.37. The zero-order valence-corrected chi connectivity index (χ0v) is 12.4. The Balaban J connectivity index is 2.40. The average Bonchev–Trinajstić information content (AvgIpc) is 3.01. The van der Waals surface area contributed by atoms with Crippen LogP contribution in [0.3, 0.4) is 0 Å². The molecule has 1 saturated heterocycles. The Morgan fingerprint density at radius 2 is 1.94 bits per heavy atom. The lowest BCUT2D eigenvalue weighted by molar-refractivity contribution is -0.222. The molecule has 1 aliphatic heterocycles. The first-order valence-electron chi connectivity index (χ1n) is 5.86. The van der Waals surface area contributed by atoms with Crippen LogP contribution < -0.4 is 0 Å². The maximum absolute atomic E-state index is 11.6. The number of carbonyl (C=O) groups is 2. The third kappa shape index (κ3) is 3.76. The summed E-state index contributed by atoms with van der Waals surface area (Å²) in [5.74, 6) is -0.541. The maximum atomic E-state index is 11.6. The summed E-state index contributed by atoms with van der Waals surface area (Å²) in [5, 5.41) is -0.0332. The summed E-state index contributed by atoms with van der Waals surface area (Å²) in [4.78, 5) is 26.5. The summed E-state index contributed by atoms with van der Waals surface area (Å²) in [7, 11) is -2.11. The van der Waals surface area contributed by atoms with Gasteiger partial charge in [-0.15, -0.1) is 0 Å². The normalized spacial score (nSPS) is 24.1. The van der Waals surface area contributed by atoms with Crippen molar-refractivity contribution in [2.24, 2.45) is 0 Å². The van der Waals surface area contributed by atoms with Crippen molar-refractivity contribution < 1.29 is 23.8 Å². The summed E-state index contributed by atoms with van der Waals surface area (Å²) in [6, 6.07) is 0. The van der Waals surface area contributed by atoms with Gasteiger partial charge in [0, 0.05) is 0 Å². The van der Waals surface area contributed by atoms with Crippen molar-refractivity contribution in [2.45, 2.75) is 51.1 Å². The molecular formula is C12H20O5Si. The van der Waals surface area contributed by atoms with E-state index < -0.39 is 20.4 Å². The van der Waals surface area contributed by atoms with Crippen molar-refractivity contribution in [2.75, 3.05) is 0 Å². The minimum absolute atomic E-state index is 0.0332. The largest absolute Gasteiger partial charge is 0.372 e. The predicted molar refractivity (Wildman–Crippen MR) is 68.2 cm³/mol. The molecule has 0 radical (unpaired) electrons. The maximum Gasteiger partial charge on any atom is 0.372 e. The fourth-order valence-corrected chi connectivity index (χ4v) is 1.47. The van der Waals surface area contributed by atoms with Gasteiger partial charge in [-0.3, -0.25) is 4.79 Å². The van der Waals surface area contributed by atoms with Gasteiger partial charge in [0.05, 0.1) is 0 Å². The van der Waals surface area contributed by atoms with Crippen LogP contribution in [0.2, 0.25) is 18.1 Å². The second-order valence-electron chi connectivity index (χ2n) is 5.79. The van der Waals surface area contributed by atoms with Crippen molar-refractivity contribution in [3.05, 3.63) is 12.2 Å². The topological polar surface area (TPSA) is 65.1 Å². The molecule has 0 aromatic rings. The monoisotopic (exact) mass is 272 g/mol. The van der Waals surface area contributed by atoms with Gasteiger partial charge >= 0.3 is 5.97 Å². The lowest BCUT2D eigenvalue weighted by atomic mass is 10.2. The molecule has 0 N–H and O–H groups in total. The van der Waals surface area contributed by atoms with Crippen LogP contribution in [-0.2, 0) is 23.8 Å². The fraction of sp³-hybridized carbons (Fsp3) is 0.667. The molecule has 0 saturated carbocycles. The molecule has 0 spiro atoms. The van der Waals surface area contributed by atoms with E-state index in [1.54, 1.807) is 0 Å².